The summed E-state index contributed by atoms with van der Waals surface area (Å²) < 4.78 is 13.8. The monoisotopic (exact) mass is 276 g/mol. The molecule has 3 fully saturated rings. The smallest absolute Gasteiger partial charge is 0.0953 e. The molecule has 112 valence electrons. The lowest BCUT2D eigenvalue weighted by atomic mass is 9.47. The Morgan fingerprint density at radius 3 is 2.85 bits per heavy atom. The number of halogens is 1. The highest BCUT2D eigenvalue weighted by Crippen LogP contribution is 2.65. The van der Waals surface area contributed by atoms with Crippen LogP contribution in [-0.4, -0.2) is 6.67 Å². The fraction of sp³-hybridized carbons (Fsp3) is 0.895. The van der Waals surface area contributed by atoms with Crippen LogP contribution in [0.1, 0.15) is 71.1 Å². The SMILES string of the molecule is C[C@]12CCCC=C1CC[C@H]1[C@@H]3CCC[C@@]3(CF)CC[C@@H]12. The maximum Gasteiger partial charge on any atom is 0.0953 e. The zero-order valence-electron chi connectivity index (χ0n) is 13.0. The first-order chi connectivity index (χ1) is 9.70. The molecule has 0 spiro atoms. The van der Waals surface area contributed by atoms with Crippen LogP contribution in [0, 0.1) is 28.6 Å². The first kappa shape index (κ1) is 13.3. The summed E-state index contributed by atoms with van der Waals surface area (Å²) in [5.41, 5.74) is 2.36. The lowest BCUT2D eigenvalue weighted by molar-refractivity contribution is -0.0531. The zero-order valence-corrected chi connectivity index (χ0v) is 13.0. The molecule has 20 heavy (non-hydrogen) atoms. The van der Waals surface area contributed by atoms with E-state index in [9.17, 15) is 4.39 Å². The molecule has 0 radical (unpaired) electrons. The number of fused-ring (bicyclic) bond motifs is 5. The maximum absolute atomic E-state index is 13.8. The molecule has 0 aliphatic heterocycles. The van der Waals surface area contributed by atoms with Crippen molar-refractivity contribution in [1.29, 1.82) is 0 Å². The molecule has 0 unspecified atom stereocenters. The van der Waals surface area contributed by atoms with Gasteiger partial charge in [0.2, 0.25) is 0 Å². The van der Waals surface area contributed by atoms with E-state index < -0.39 is 0 Å². The van der Waals surface area contributed by atoms with Gasteiger partial charge in [-0.3, -0.25) is 4.39 Å². The second-order valence-corrected chi connectivity index (χ2v) is 8.38. The molecular weight excluding hydrogens is 247 g/mol. The lowest BCUT2D eigenvalue weighted by Gasteiger charge is -2.57. The Bertz CT molecular complexity index is 425. The summed E-state index contributed by atoms with van der Waals surface area (Å²) in [6.07, 6.45) is 15.6. The second-order valence-electron chi connectivity index (χ2n) is 8.38. The average molecular weight is 276 g/mol. The van der Waals surface area contributed by atoms with E-state index in [4.69, 9.17) is 0 Å². The Morgan fingerprint density at radius 2 is 2.00 bits per heavy atom. The predicted octanol–water partition coefficient (Wildman–Crippen LogP) is 5.68. The third-order valence-electron chi connectivity index (χ3n) is 7.82. The van der Waals surface area contributed by atoms with Crippen molar-refractivity contribution >= 4 is 0 Å². The van der Waals surface area contributed by atoms with E-state index in [-0.39, 0.29) is 12.1 Å². The van der Waals surface area contributed by atoms with Crippen molar-refractivity contribution in [2.75, 3.05) is 6.67 Å². The van der Waals surface area contributed by atoms with Gasteiger partial charge in [0, 0.05) is 5.41 Å². The highest BCUT2D eigenvalue weighted by Gasteiger charge is 2.57. The highest BCUT2D eigenvalue weighted by atomic mass is 19.1. The normalized spacial score (nSPS) is 50.9. The Kier molecular flexibility index (Phi) is 3.06. The van der Waals surface area contributed by atoms with Gasteiger partial charge in [-0.15, -0.1) is 0 Å². The standard InChI is InChI=1S/C19H29F/c1-18-10-3-2-5-14(18)7-8-15-16(18)9-12-19(13-20)11-4-6-17(15)19/h5,15-17H,2-4,6-13H2,1H3/t15-,16+,17+,18+,19+/m1/s1. The van der Waals surface area contributed by atoms with Gasteiger partial charge in [-0.05, 0) is 81.0 Å². The summed E-state index contributed by atoms with van der Waals surface area (Å²) in [4.78, 5) is 0. The fourth-order valence-electron chi connectivity index (χ4n) is 6.78. The molecule has 3 saturated carbocycles. The van der Waals surface area contributed by atoms with Crippen molar-refractivity contribution in [2.24, 2.45) is 28.6 Å². The molecule has 0 bridgehead atoms. The third kappa shape index (κ3) is 1.64. The van der Waals surface area contributed by atoms with Crippen LogP contribution in [0.4, 0.5) is 4.39 Å². The van der Waals surface area contributed by atoms with Gasteiger partial charge in [-0.2, -0.15) is 0 Å². The second kappa shape index (κ2) is 4.58. The van der Waals surface area contributed by atoms with E-state index in [1.54, 1.807) is 5.57 Å². The first-order valence-electron chi connectivity index (χ1n) is 8.95. The summed E-state index contributed by atoms with van der Waals surface area (Å²) in [6, 6.07) is 0. The molecule has 4 aliphatic carbocycles. The molecule has 0 amide bonds. The molecule has 0 nitrogen and oxygen atoms in total. The van der Waals surface area contributed by atoms with E-state index in [1.165, 1.54) is 64.2 Å². The average Bonchev–Trinajstić information content (AvgIpc) is 2.91. The molecule has 0 aromatic heterocycles. The number of allylic oxidation sites excluding steroid dienone is 2. The minimum Gasteiger partial charge on any atom is -0.250 e. The molecule has 0 N–H and O–H groups in total. The van der Waals surface area contributed by atoms with Gasteiger partial charge < -0.3 is 0 Å². The van der Waals surface area contributed by atoms with Gasteiger partial charge in [-0.1, -0.05) is 25.0 Å². The molecule has 0 aromatic rings. The van der Waals surface area contributed by atoms with Gasteiger partial charge in [0.1, 0.15) is 0 Å². The van der Waals surface area contributed by atoms with Gasteiger partial charge in [0.25, 0.3) is 0 Å². The zero-order chi connectivity index (χ0) is 13.8. The van der Waals surface area contributed by atoms with Gasteiger partial charge in [0.05, 0.1) is 6.67 Å². The molecular formula is C19H29F. The van der Waals surface area contributed by atoms with Gasteiger partial charge in [-0.25, -0.2) is 0 Å². The van der Waals surface area contributed by atoms with Crippen LogP contribution in [0.15, 0.2) is 11.6 Å². The van der Waals surface area contributed by atoms with E-state index in [0.717, 1.165) is 11.8 Å². The van der Waals surface area contributed by atoms with E-state index in [2.05, 4.69) is 13.0 Å². The molecule has 5 atom stereocenters. The lowest BCUT2D eigenvalue weighted by Crippen LogP contribution is -2.50. The summed E-state index contributed by atoms with van der Waals surface area (Å²) in [7, 11) is 0. The molecule has 0 heterocycles. The van der Waals surface area contributed by atoms with Crippen molar-refractivity contribution in [2.45, 2.75) is 71.1 Å². The van der Waals surface area contributed by atoms with E-state index >= 15 is 0 Å². The summed E-state index contributed by atoms with van der Waals surface area (Å²) in [6.45, 7) is 2.51. The van der Waals surface area contributed by atoms with Crippen LogP contribution in [0.25, 0.3) is 0 Å². The quantitative estimate of drug-likeness (QED) is 0.541. The number of alkyl halides is 1. The van der Waals surface area contributed by atoms with Gasteiger partial charge in [0.15, 0.2) is 0 Å². The van der Waals surface area contributed by atoms with Crippen LogP contribution in [0.3, 0.4) is 0 Å². The molecule has 0 aromatic carbocycles. The van der Waals surface area contributed by atoms with Crippen LogP contribution < -0.4 is 0 Å². The Balaban J connectivity index is 1.68. The van der Waals surface area contributed by atoms with Crippen molar-refractivity contribution in [3.63, 3.8) is 0 Å². The Labute approximate surface area is 123 Å². The highest BCUT2D eigenvalue weighted by molar-refractivity contribution is 5.23. The van der Waals surface area contributed by atoms with Crippen molar-refractivity contribution in [3.8, 4) is 0 Å². The number of hydrogen-bond acceptors (Lipinski definition) is 0. The van der Waals surface area contributed by atoms with Crippen LogP contribution in [-0.2, 0) is 0 Å². The van der Waals surface area contributed by atoms with Gasteiger partial charge >= 0.3 is 0 Å². The van der Waals surface area contributed by atoms with Crippen molar-refractivity contribution < 1.29 is 4.39 Å². The topological polar surface area (TPSA) is 0 Å². The fourth-order valence-corrected chi connectivity index (χ4v) is 6.78. The first-order valence-corrected chi connectivity index (χ1v) is 8.95. The Hall–Kier alpha value is -0.330. The Morgan fingerprint density at radius 1 is 1.10 bits per heavy atom. The number of hydrogen-bond donors (Lipinski definition) is 0. The van der Waals surface area contributed by atoms with Crippen LogP contribution in [0.2, 0.25) is 0 Å². The van der Waals surface area contributed by atoms with Crippen LogP contribution in [0.5, 0.6) is 0 Å². The molecule has 4 aliphatic rings. The van der Waals surface area contributed by atoms with E-state index in [0.29, 0.717) is 11.3 Å². The molecule has 1 heteroatoms. The summed E-state index contributed by atoms with van der Waals surface area (Å²) in [5.74, 6) is 2.42. The van der Waals surface area contributed by atoms with Crippen LogP contribution >= 0.6 is 0 Å². The molecule has 4 rings (SSSR count). The van der Waals surface area contributed by atoms with Crippen molar-refractivity contribution in [1.82, 2.24) is 0 Å². The third-order valence-corrected chi connectivity index (χ3v) is 7.82. The minimum atomic E-state index is -0.0414. The van der Waals surface area contributed by atoms with Crippen molar-refractivity contribution in [3.05, 3.63) is 11.6 Å². The predicted molar refractivity (Wildman–Crippen MR) is 81.2 cm³/mol. The van der Waals surface area contributed by atoms with E-state index in [1.807, 2.05) is 0 Å². The largest absolute Gasteiger partial charge is 0.250 e. The molecule has 0 saturated heterocycles. The summed E-state index contributed by atoms with van der Waals surface area (Å²) in [5, 5.41) is 0. The minimum absolute atomic E-state index is 0.0414. The summed E-state index contributed by atoms with van der Waals surface area (Å²) >= 11 is 0. The maximum atomic E-state index is 13.8. The number of rotatable bonds is 1.